The molecular weight excluding hydrogens is 248 g/mol. The van der Waals surface area contributed by atoms with Crippen molar-refractivity contribution in [2.45, 2.75) is 26.3 Å². The van der Waals surface area contributed by atoms with E-state index in [0.29, 0.717) is 6.54 Å². The first-order valence-electron chi connectivity index (χ1n) is 5.31. The van der Waals surface area contributed by atoms with E-state index in [1.54, 1.807) is 11.8 Å². The molecule has 0 fully saturated rings. The second-order valence-corrected chi connectivity index (χ2v) is 4.98. The SMILES string of the molecule is CC(C)[C@H](N)C(=O)NCCSCCCO.Cl. The summed E-state index contributed by atoms with van der Waals surface area (Å²) in [6.45, 7) is 4.74. The van der Waals surface area contributed by atoms with Gasteiger partial charge in [0.25, 0.3) is 0 Å². The minimum Gasteiger partial charge on any atom is -0.396 e. The fourth-order valence-corrected chi connectivity index (χ4v) is 1.72. The van der Waals surface area contributed by atoms with E-state index < -0.39 is 6.04 Å². The van der Waals surface area contributed by atoms with Crippen LogP contribution in [0.15, 0.2) is 0 Å². The lowest BCUT2D eigenvalue weighted by Crippen LogP contribution is -2.44. The van der Waals surface area contributed by atoms with Crippen molar-refractivity contribution in [3.63, 3.8) is 0 Å². The smallest absolute Gasteiger partial charge is 0.237 e. The lowest BCUT2D eigenvalue weighted by atomic mass is 10.1. The summed E-state index contributed by atoms with van der Waals surface area (Å²) in [6.07, 6.45) is 0.810. The van der Waals surface area contributed by atoms with Crippen LogP contribution in [0.2, 0.25) is 0 Å². The molecule has 4 nitrogen and oxygen atoms in total. The summed E-state index contributed by atoms with van der Waals surface area (Å²) >= 11 is 1.72. The second-order valence-electron chi connectivity index (χ2n) is 3.75. The Kier molecular flexibility index (Phi) is 13.2. The van der Waals surface area contributed by atoms with Gasteiger partial charge >= 0.3 is 0 Å². The number of nitrogens with two attached hydrogens (primary N) is 1. The maximum atomic E-state index is 11.4. The zero-order valence-corrected chi connectivity index (χ0v) is 11.6. The van der Waals surface area contributed by atoms with Crippen molar-refractivity contribution in [2.24, 2.45) is 11.7 Å². The van der Waals surface area contributed by atoms with Gasteiger partial charge in [-0.3, -0.25) is 4.79 Å². The average Bonchev–Trinajstić information content (AvgIpc) is 2.21. The molecule has 16 heavy (non-hydrogen) atoms. The molecule has 0 saturated carbocycles. The summed E-state index contributed by atoms with van der Waals surface area (Å²) in [5.41, 5.74) is 5.67. The van der Waals surface area contributed by atoms with E-state index in [0.717, 1.165) is 17.9 Å². The standard InChI is InChI=1S/C10H22N2O2S.ClH/c1-8(2)9(11)10(14)12-4-7-15-6-3-5-13;/h8-9,13H,3-7,11H2,1-2H3,(H,12,14);1H/t9-;/m0./s1. The summed E-state index contributed by atoms with van der Waals surface area (Å²) < 4.78 is 0. The maximum Gasteiger partial charge on any atom is 0.237 e. The molecule has 0 saturated heterocycles. The van der Waals surface area contributed by atoms with Crippen LogP contribution in [0.5, 0.6) is 0 Å². The zero-order chi connectivity index (χ0) is 11.7. The molecule has 0 unspecified atom stereocenters. The van der Waals surface area contributed by atoms with Gasteiger partial charge in [-0.1, -0.05) is 13.8 Å². The molecule has 0 aromatic rings. The van der Waals surface area contributed by atoms with Gasteiger partial charge in [0, 0.05) is 18.9 Å². The third kappa shape index (κ3) is 9.27. The van der Waals surface area contributed by atoms with Gasteiger partial charge in [-0.15, -0.1) is 12.4 Å². The number of amides is 1. The Morgan fingerprint density at radius 2 is 2.06 bits per heavy atom. The number of nitrogens with one attached hydrogen (secondary N) is 1. The fraction of sp³-hybridized carbons (Fsp3) is 0.900. The molecule has 4 N–H and O–H groups in total. The lowest BCUT2D eigenvalue weighted by molar-refractivity contribution is -0.123. The number of aliphatic hydroxyl groups is 1. The van der Waals surface area contributed by atoms with Crippen LogP contribution in [0.3, 0.4) is 0 Å². The normalized spacial score (nSPS) is 12.1. The number of carbonyl (C=O) groups excluding carboxylic acids is 1. The van der Waals surface area contributed by atoms with E-state index in [9.17, 15) is 4.79 Å². The highest BCUT2D eigenvalue weighted by atomic mass is 35.5. The average molecular weight is 271 g/mol. The van der Waals surface area contributed by atoms with Gasteiger partial charge < -0.3 is 16.2 Å². The van der Waals surface area contributed by atoms with Crippen LogP contribution in [0.4, 0.5) is 0 Å². The Morgan fingerprint density at radius 1 is 1.44 bits per heavy atom. The largest absolute Gasteiger partial charge is 0.396 e. The quantitative estimate of drug-likeness (QED) is 0.566. The van der Waals surface area contributed by atoms with Crippen molar-refractivity contribution in [1.82, 2.24) is 5.32 Å². The third-order valence-electron chi connectivity index (χ3n) is 2.01. The summed E-state index contributed by atoms with van der Waals surface area (Å²) in [5, 5.41) is 11.3. The molecule has 0 rings (SSSR count). The summed E-state index contributed by atoms with van der Waals surface area (Å²) in [5.74, 6) is 1.90. The van der Waals surface area contributed by atoms with Gasteiger partial charge in [-0.05, 0) is 18.1 Å². The van der Waals surface area contributed by atoms with Crippen LogP contribution >= 0.6 is 24.2 Å². The van der Waals surface area contributed by atoms with E-state index in [-0.39, 0.29) is 30.8 Å². The molecule has 0 aromatic heterocycles. The molecule has 0 aliphatic heterocycles. The highest BCUT2D eigenvalue weighted by Crippen LogP contribution is 2.01. The molecule has 0 heterocycles. The number of rotatable bonds is 8. The molecule has 1 atom stereocenters. The first-order valence-corrected chi connectivity index (χ1v) is 6.47. The Hall–Kier alpha value is 0.0300. The first kappa shape index (κ1) is 18.4. The van der Waals surface area contributed by atoms with E-state index in [1.807, 2.05) is 13.8 Å². The van der Waals surface area contributed by atoms with Gasteiger partial charge in [0.05, 0.1) is 6.04 Å². The minimum atomic E-state index is -0.410. The van der Waals surface area contributed by atoms with Crippen molar-refractivity contribution in [3.8, 4) is 0 Å². The molecular formula is C10H23ClN2O2S. The summed E-state index contributed by atoms with van der Waals surface area (Å²) in [4.78, 5) is 11.4. The molecule has 0 spiro atoms. The lowest BCUT2D eigenvalue weighted by Gasteiger charge is -2.14. The molecule has 0 bridgehead atoms. The third-order valence-corrected chi connectivity index (χ3v) is 3.08. The van der Waals surface area contributed by atoms with E-state index in [1.165, 1.54) is 0 Å². The molecule has 6 heteroatoms. The molecule has 0 aromatic carbocycles. The molecule has 0 aliphatic carbocycles. The topological polar surface area (TPSA) is 75.4 Å². The van der Waals surface area contributed by atoms with Gasteiger partial charge in [0.15, 0.2) is 0 Å². The maximum absolute atomic E-state index is 11.4. The Labute approximate surface area is 108 Å². The second kappa shape index (κ2) is 11.5. The highest BCUT2D eigenvalue weighted by molar-refractivity contribution is 7.99. The van der Waals surface area contributed by atoms with Gasteiger partial charge in [0.2, 0.25) is 5.91 Å². The number of carbonyl (C=O) groups is 1. The first-order chi connectivity index (χ1) is 7.09. The van der Waals surface area contributed by atoms with Crippen molar-refractivity contribution < 1.29 is 9.90 Å². The van der Waals surface area contributed by atoms with Crippen LogP contribution in [0.1, 0.15) is 20.3 Å². The van der Waals surface area contributed by atoms with Crippen LogP contribution in [0.25, 0.3) is 0 Å². The summed E-state index contributed by atoms with van der Waals surface area (Å²) in [6, 6.07) is -0.410. The van der Waals surface area contributed by atoms with Crippen molar-refractivity contribution in [3.05, 3.63) is 0 Å². The summed E-state index contributed by atoms with van der Waals surface area (Å²) in [7, 11) is 0. The number of aliphatic hydroxyl groups excluding tert-OH is 1. The molecule has 98 valence electrons. The van der Waals surface area contributed by atoms with Crippen LogP contribution in [-0.2, 0) is 4.79 Å². The fourth-order valence-electron chi connectivity index (χ4n) is 0.936. The number of halogens is 1. The van der Waals surface area contributed by atoms with Crippen molar-refractivity contribution in [2.75, 3.05) is 24.7 Å². The van der Waals surface area contributed by atoms with Crippen LogP contribution in [0, 0.1) is 5.92 Å². The Bertz CT molecular complexity index is 182. The van der Waals surface area contributed by atoms with E-state index in [2.05, 4.69) is 5.32 Å². The van der Waals surface area contributed by atoms with Crippen LogP contribution < -0.4 is 11.1 Å². The van der Waals surface area contributed by atoms with Gasteiger partial charge in [-0.2, -0.15) is 11.8 Å². The molecule has 0 aliphatic rings. The number of hydrogen-bond acceptors (Lipinski definition) is 4. The zero-order valence-electron chi connectivity index (χ0n) is 9.94. The van der Waals surface area contributed by atoms with E-state index >= 15 is 0 Å². The number of thioether (sulfide) groups is 1. The van der Waals surface area contributed by atoms with E-state index in [4.69, 9.17) is 10.8 Å². The Morgan fingerprint density at radius 3 is 2.56 bits per heavy atom. The molecule has 1 amide bonds. The van der Waals surface area contributed by atoms with Crippen molar-refractivity contribution in [1.29, 1.82) is 0 Å². The predicted octanol–water partition coefficient (Wildman–Crippen LogP) is 0.623. The minimum absolute atomic E-state index is 0. The highest BCUT2D eigenvalue weighted by Gasteiger charge is 2.15. The van der Waals surface area contributed by atoms with Crippen molar-refractivity contribution >= 4 is 30.1 Å². The van der Waals surface area contributed by atoms with Gasteiger partial charge in [0.1, 0.15) is 0 Å². The number of hydrogen-bond donors (Lipinski definition) is 3. The van der Waals surface area contributed by atoms with Crippen LogP contribution in [-0.4, -0.2) is 41.7 Å². The Balaban J connectivity index is 0. The monoisotopic (exact) mass is 270 g/mol. The van der Waals surface area contributed by atoms with Gasteiger partial charge in [-0.25, -0.2) is 0 Å². The predicted molar refractivity (Wildman–Crippen MR) is 72.1 cm³/mol. The molecule has 0 radical (unpaired) electrons.